The third kappa shape index (κ3) is 4.66. The van der Waals surface area contributed by atoms with Crippen LogP contribution in [0.25, 0.3) is 0 Å². The van der Waals surface area contributed by atoms with Crippen molar-refractivity contribution in [1.82, 2.24) is 15.1 Å². The predicted molar refractivity (Wildman–Crippen MR) is 106 cm³/mol. The minimum Gasteiger partial charge on any atom is -0.469 e. The van der Waals surface area contributed by atoms with E-state index < -0.39 is 0 Å². The monoisotopic (exact) mass is 372 g/mol. The molecule has 1 atom stereocenters. The van der Waals surface area contributed by atoms with Gasteiger partial charge in [-0.05, 0) is 37.3 Å². The number of nitrogens with one attached hydrogen (secondary N) is 1. The average molecular weight is 373 g/mol. The molecule has 1 saturated carbocycles. The number of carbonyl (C=O) groups is 1. The lowest BCUT2D eigenvalue weighted by Crippen LogP contribution is -2.56. The first-order valence-electron chi connectivity index (χ1n) is 10.6. The Kier molecular flexibility index (Phi) is 6.00. The highest BCUT2D eigenvalue weighted by Crippen LogP contribution is 2.25. The summed E-state index contributed by atoms with van der Waals surface area (Å²) < 4.78 is 5.45. The largest absolute Gasteiger partial charge is 0.469 e. The molecule has 1 aromatic rings. The van der Waals surface area contributed by atoms with Crippen molar-refractivity contribution in [2.45, 2.75) is 57.4 Å². The maximum atomic E-state index is 12.0. The van der Waals surface area contributed by atoms with Crippen LogP contribution in [0.5, 0.6) is 0 Å². The highest BCUT2D eigenvalue weighted by atomic mass is 16.3. The van der Waals surface area contributed by atoms with Crippen LogP contribution in [0, 0.1) is 5.92 Å². The molecule has 1 aliphatic carbocycles. The van der Waals surface area contributed by atoms with E-state index in [4.69, 9.17) is 9.41 Å². The van der Waals surface area contributed by atoms with Gasteiger partial charge < -0.3 is 19.5 Å². The number of amides is 1. The number of rotatable bonds is 5. The van der Waals surface area contributed by atoms with E-state index in [-0.39, 0.29) is 0 Å². The fraction of sp³-hybridized carbons (Fsp3) is 0.714. The predicted octanol–water partition coefficient (Wildman–Crippen LogP) is 2.65. The summed E-state index contributed by atoms with van der Waals surface area (Å²) in [6, 6.07) is 4.31. The zero-order chi connectivity index (χ0) is 18.5. The number of hydrogen-bond acceptors (Lipinski definition) is 3. The number of carbonyl (C=O) groups excluding carboxylic acids is 1. The van der Waals surface area contributed by atoms with Gasteiger partial charge in [-0.2, -0.15) is 0 Å². The van der Waals surface area contributed by atoms with E-state index in [0.717, 1.165) is 63.2 Å². The molecule has 4 rings (SSSR count). The molecule has 27 heavy (non-hydrogen) atoms. The minimum atomic E-state index is 0.325. The zero-order valence-electron chi connectivity index (χ0n) is 16.2. The van der Waals surface area contributed by atoms with Crippen molar-refractivity contribution >= 4 is 11.9 Å². The molecule has 6 heteroatoms. The molecule has 6 nitrogen and oxygen atoms in total. The van der Waals surface area contributed by atoms with Gasteiger partial charge in [0.15, 0.2) is 5.96 Å². The first-order chi connectivity index (χ1) is 13.3. The fourth-order valence-corrected chi connectivity index (χ4v) is 4.66. The third-order valence-corrected chi connectivity index (χ3v) is 6.25. The molecule has 2 saturated heterocycles. The van der Waals surface area contributed by atoms with Gasteiger partial charge in [-0.1, -0.05) is 19.3 Å². The van der Waals surface area contributed by atoms with Crippen LogP contribution < -0.4 is 5.32 Å². The van der Waals surface area contributed by atoms with Crippen molar-refractivity contribution < 1.29 is 9.21 Å². The Balaban J connectivity index is 1.37. The van der Waals surface area contributed by atoms with E-state index in [1.54, 1.807) is 6.26 Å². The van der Waals surface area contributed by atoms with Crippen LogP contribution in [0.3, 0.4) is 0 Å². The van der Waals surface area contributed by atoms with Gasteiger partial charge in [0, 0.05) is 51.6 Å². The van der Waals surface area contributed by atoms with E-state index in [1.165, 1.54) is 32.1 Å². The molecule has 1 N–H and O–H groups in total. The summed E-state index contributed by atoms with van der Waals surface area (Å²) in [6.45, 7) is 4.35. The van der Waals surface area contributed by atoms with Gasteiger partial charge in [0.05, 0.1) is 6.26 Å². The Morgan fingerprint density at radius 1 is 1.22 bits per heavy atom. The summed E-state index contributed by atoms with van der Waals surface area (Å²) in [4.78, 5) is 21.4. The Morgan fingerprint density at radius 3 is 2.93 bits per heavy atom. The SMILES string of the molecule is O=C1CCC2CN(C(=NCC3CCCCC3)NCCc3ccco3)CCN12. The number of fused-ring (bicyclic) bond motifs is 1. The number of furan rings is 1. The molecule has 0 bridgehead atoms. The highest BCUT2D eigenvalue weighted by Gasteiger charge is 2.36. The number of hydrogen-bond donors (Lipinski definition) is 1. The van der Waals surface area contributed by atoms with Gasteiger partial charge in [-0.3, -0.25) is 9.79 Å². The highest BCUT2D eigenvalue weighted by molar-refractivity contribution is 5.82. The summed E-state index contributed by atoms with van der Waals surface area (Å²) in [5.41, 5.74) is 0. The van der Waals surface area contributed by atoms with Crippen molar-refractivity contribution in [1.29, 1.82) is 0 Å². The number of piperazine rings is 1. The molecular weight excluding hydrogens is 340 g/mol. The van der Waals surface area contributed by atoms with Gasteiger partial charge in [0.25, 0.3) is 0 Å². The van der Waals surface area contributed by atoms with Crippen molar-refractivity contribution in [2.75, 3.05) is 32.7 Å². The van der Waals surface area contributed by atoms with Crippen LogP contribution >= 0.6 is 0 Å². The molecule has 1 aromatic heterocycles. The zero-order valence-corrected chi connectivity index (χ0v) is 16.2. The Labute approximate surface area is 162 Å². The lowest BCUT2D eigenvalue weighted by atomic mass is 9.89. The molecule has 1 amide bonds. The second kappa shape index (κ2) is 8.81. The van der Waals surface area contributed by atoms with Crippen molar-refractivity contribution in [3.05, 3.63) is 24.2 Å². The Hall–Kier alpha value is -1.98. The summed E-state index contributed by atoms with van der Waals surface area (Å²) in [5.74, 6) is 3.08. The van der Waals surface area contributed by atoms with E-state index in [0.29, 0.717) is 18.4 Å². The Morgan fingerprint density at radius 2 is 2.11 bits per heavy atom. The normalized spacial score (nSPS) is 24.4. The number of nitrogens with zero attached hydrogens (tertiary/aromatic N) is 3. The lowest BCUT2D eigenvalue weighted by Gasteiger charge is -2.39. The van der Waals surface area contributed by atoms with Crippen LogP contribution in [-0.2, 0) is 11.2 Å². The van der Waals surface area contributed by atoms with E-state index in [9.17, 15) is 4.79 Å². The molecule has 0 aromatic carbocycles. The first-order valence-corrected chi connectivity index (χ1v) is 10.6. The molecule has 2 aliphatic heterocycles. The van der Waals surface area contributed by atoms with Gasteiger partial charge in [-0.15, -0.1) is 0 Å². The second-order valence-electron chi connectivity index (χ2n) is 8.15. The van der Waals surface area contributed by atoms with E-state index in [1.807, 2.05) is 12.1 Å². The molecule has 3 heterocycles. The molecule has 3 fully saturated rings. The van der Waals surface area contributed by atoms with Gasteiger partial charge >= 0.3 is 0 Å². The summed E-state index contributed by atoms with van der Waals surface area (Å²) in [7, 11) is 0. The quantitative estimate of drug-likeness (QED) is 0.638. The number of guanidine groups is 1. The average Bonchev–Trinajstić information content (AvgIpc) is 3.35. The molecule has 148 valence electrons. The standard InChI is InChI=1S/C21H32N4O2/c26-20-9-8-18-16-24(12-13-25(18)20)21(22-11-10-19-7-4-14-27-19)23-15-17-5-2-1-3-6-17/h4,7,14,17-18H,1-3,5-6,8-13,15-16H2,(H,22,23). The molecular formula is C21H32N4O2. The molecule has 3 aliphatic rings. The van der Waals surface area contributed by atoms with Crippen LogP contribution in [0.15, 0.2) is 27.8 Å². The number of aliphatic imine (C=N–C) groups is 1. The molecule has 0 radical (unpaired) electrons. The topological polar surface area (TPSA) is 61.1 Å². The second-order valence-corrected chi connectivity index (χ2v) is 8.15. The fourth-order valence-electron chi connectivity index (χ4n) is 4.66. The van der Waals surface area contributed by atoms with E-state index >= 15 is 0 Å². The lowest BCUT2D eigenvalue weighted by molar-refractivity contribution is -0.130. The Bertz CT molecular complexity index is 637. The first kappa shape index (κ1) is 18.4. The smallest absolute Gasteiger partial charge is 0.223 e. The van der Waals surface area contributed by atoms with Crippen molar-refractivity contribution in [2.24, 2.45) is 10.9 Å². The van der Waals surface area contributed by atoms with Crippen molar-refractivity contribution in [3.63, 3.8) is 0 Å². The van der Waals surface area contributed by atoms with Gasteiger partial charge in [0.1, 0.15) is 5.76 Å². The molecule has 1 unspecified atom stereocenters. The van der Waals surface area contributed by atoms with Crippen LogP contribution in [-0.4, -0.2) is 60.4 Å². The van der Waals surface area contributed by atoms with Crippen molar-refractivity contribution in [3.8, 4) is 0 Å². The van der Waals surface area contributed by atoms with Crippen LogP contribution in [0.4, 0.5) is 0 Å². The summed E-state index contributed by atoms with van der Waals surface area (Å²) in [5, 5.41) is 3.57. The van der Waals surface area contributed by atoms with Crippen LogP contribution in [0.1, 0.15) is 50.7 Å². The maximum Gasteiger partial charge on any atom is 0.223 e. The molecule has 0 spiro atoms. The van der Waals surface area contributed by atoms with Gasteiger partial charge in [-0.25, -0.2) is 0 Å². The van der Waals surface area contributed by atoms with E-state index in [2.05, 4.69) is 15.1 Å². The van der Waals surface area contributed by atoms with Gasteiger partial charge in [0.2, 0.25) is 5.91 Å². The summed E-state index contributed by atoms with van der Waals surface area (Å²) >= 11 is 0. The summed E-state index contributed by atoms with van der Waals surface area (Å²) in [6.07, 6.45) is 11.0. The van der Waals surface area contributed by atoms with Crippen LogP contribution in [0.2, 0.25) is 0 Å². The minimum absolute atomic E-state index is 0.325. The maximum absolute atomic E-state index is 12.0. The third-order valence-electron chi connectivity index (χ3n) is 6.25.